The van der Waals surface area contributed by atoms with Crippen LogP contribution in [-0.2, 0) is 4.79 Å². The third-order valence-corrected chi connectivity index (χ3v) is 6.57. The number of para-hydroxylation sites is 1. The van der Waals surface area contributed by atoms with Crippen LogP contribution < -0.4 is 34.0 Å². The Kier molecular flexibility index (Phi) is 9.47. The fraction of sp³-hybridized carbons (Fsp3) is 0.214. The second-order valence-corrected chi connectivity index (χ2v) is 9.10. The van der Waals surface area contributed by atoms with E-state index in [1.165, 1.54) is 24.0 Å². The van der Waals surface area contributed by atoms with Crippen LogP contribution in [0.1, 0.15) is 12.5 Å². The Hall–Kier alpha value is -4.71. The van der Waals surface area contributed by atoms with Crippen molar-refractivity contribution in [2.45, 2.75) is 12.1 Å². The smallest absolute Gasteiger partial charge is 0.342 e. The van der Waals surface area contributed by atoms with Crippen LogP contribution in [0.15, 0.2) is 70.9 Å². The first-order chi connectivity index (χ1) is 19.5. The number of nitrogens with one attached hydrogen (secondary N) is 2. The first-order valence-corrected chi connectivity index (χ1v) is 13.2. The number of ether oxygens (including phenoxy) is 4. The van der Waals surface area contributed by atoms with E-state index in [1.54, 1.807) is 40.4 Å². The summed E-state index contributed by atoms with van der Waals surface area (Å²) in [7, 11) is 4.65. The average Bonchev–Trinajstić information content (AvgIpc) is 3.41. The molecule has 208 valence electrons. The van der Waals surface area contributed by atoms with E-state index in [-0.39, 0.29) is 23.2 Å². The molecule has 0 fully saturated rings. The van der Waals surface area contributed by atoms with Gasteiger partial charge in [-0.1, -0.05) is 36.1 Å². The van der Waals surface area contributed by atoms with E-state index in [9.17, 15) is 9.90 Å². The highest BCUT2D eigenvalue weighted by atomic mass is 32.2. The molecule has 1 heterocycles. The van der Waals surface area contributed by atoms with E-state index < -0.39 is 0 Å². The molecule has 0 aliphatic rings. The number of carbonyl (C=O) groups is 1. The van der Waals surface area contributed by atoms with Gasteiger partial charge in [0.25, 0.3) is 11.7 Å². The largest absolute Gasteiger partial charge is 0.870 e. The van der Waals surface area contributed by atoms with Crippen LogP contribution in [0, 0.1) is 0 Å². The molecule has 0 spiro atoms. The van der Waals surface area contributed by atoms with E-state index in [0.717, 1.165) is 11.3 Å². The van der Waals surface area contributed by atoms with Crippen LogP contribution in [0.2, 0.25) is 0 Å². The van der Waals surface area contributed by atoms with Gasteiger partial charge in [0.1, 0.15) is 11.4 Å². The van der Waals surface area contributed by atoms with Crippen LogP contribution in [0.25, 0.3) is 17.1 Å². The summed E-state index contributed by atoms with van der Waals surface area (Å²) >= 11 is 1.24. The van der Waals surface area contributed by atoms with Crippen molar-refractivity contribution in [2.24, 2.45) is 5.10 Å². The Morgan fingerprint density at radius 2 is 1.77 bits per heavy atom. The first-order valence-electron chi connectivity index (χ1n) is 12.2. The van der Waals surface area contributed by atoms with Crippen molar-refractivity contribution in [3.63, 3.8) is 0 Å². The highest BCUT2D eigenvalue weighted by Crippen LogP contribution is 2.40. The standard InChI is InChI=1S/C28H29N5O6S/c1-5-39-22-13-18(11-12-21(22)34)16-29-30-25(35)17-40-28-32-31-27(33(28)20-9-7-6-8-10-20)19-14-23(36-2)26(38-4)24(15-19)37-3/h6-16H,5,17H2,1-4H3,(H2,29,30,34,35). The summed E-state index contributed by atoms with van der Waals surface area (Å²) in [6.07, 6.45) is 1.45. The molecule has 40 heavy (non-hydrogen) atoms. The van der Waals surface area contributed by atoms with Gasteiger partial charge in [-0.05, 0) is 54.6 Å². The lowest BCUT2D eigenvalue weighted by atomic mass is 10.1. The van der Waals surface area contributed by atoms with Gasteiger partial charge in [0.05, 0.1) is 50.6 Å². The van der Waals surface area contributed by atoms with E-state index >= 15 is 0 Å². The van der Waals surface area contributed by atoms with Gasteiger partial charge in [-0.2, -0.15) is 9.67 Å². The minimum atomic E-state index is -0.330. The SMILES string of the molecule is CCOc1cc(C=NNC(=O)CSc2n[nH]c(-c3cc(OC)c(OC)c(OC)c3)[n+]2-c2ccccc2)ccc1[O-]. The van der Waals surface area contributed by atoms with E-state index in [0.29, 0.717) is 40.4 Å². The van der Waals surface area contributed by atoms with Gasteiger partial charge in [0, 0.05) is 0 Å². The molecular weight excluding hydrogens is 534 g/mol. The highest BCUT2D eigenvalue weighted by Gasteiger charge is 2.27. The van der Waals surface area contributed by atoms with Gasteiger partial charge in [-0.15, -0.1) is 5.10 Å². The molecular formula is C28H29N5O6S. The van der Waals surface area contributed by atoms with Crippen LogP contribution in [0.5, 0.6) is 28.7 Å². The van der Waals surface area contributed by atoms with E-state index in [2.05, 4.69) is 20.7 Å². The molecule has 2 N–H and O–H groups in total. The van der Waals surface area contributed by atoms with E-state index in [1.807, 2.05) is 47.0 Å². The van der Waals surface area contributed by atoms with E-state index in [4.69, 9.17) is 18.9 Å². The third kappa shape index (κ3) is 6.46. The molecule has 3 aromatic carbocycles. The summed E-state index contributed by atoms with van der Waals surface area (Å²) in [4.78, 5) is 12.6. The molecule has 11 nitrogen and oxygen atoms in total. The molecule has 0 unspecified atom stereocenters. The minimum absolute atomic E-state index is 0.0490. The predicted octanol–water partition coefficient (Wildman–Crippen LogP) is 3.09. The summed E-state index contributed by atoms with van der Waals surface area (Å²) in [5.74, 6) is 1.86. The maximum atomic E-state index is 12.6. The maximum absolute atomic E-state index is 12.6. The zero-order valence-electron chi connectivity index (χ0n) is 22.5. The summed E-state index contributed by atoms with van der Waals surface area (Å²) in [6, 6.07) is 17.9. The number of aromatic amines is 1. The number of hydrogen-bond donors (Lipinski definition) is 2. The fourth-order valence-corrected chi connectivity index (χ4v) is 4.60. The molecule has 0 radical (unpaired) electrons. The number of nitrogens with zero attached hydrogens (tertiary/aromatic N) is 3. The van der Waals surface area contributed by atoms with Crippen molar-refractivity contribution >= 4 is 23.9 Å². The Balaban J connectivity index is 1.55. The van der Waals surface area contributed by atoms with Gasteiger partial charge in [0.2, 0.25) is 5.75 Å². The summed E-state index contributed by atoms with van der Waals surface area (Å²) in [5.41, 5.74) is 4.71. The number of carbonyl (C=O) groups excluding carboxylic acids is 1. The van der Waals surface area contributed by atoms with Crippen LogP contribution in [0.3, 0.4) is 0 Å². The van der Waals surface area contributed by atoms with Crippen molar-refractivity contribution in [1.82, 2.24) is 15.6 Å². The lowest BCUT2D eigenvalue weighted by Gasteiger charge is -2.13. The molecule has 0 saturated heterocycles. The molecule has 0 aliphatic carbocycles. The topological polar surface area (TPSA) is 134 Å². The van der Waals surface area contributed by atoms with Crippen molar-refractivity contribution in [3.05, 3.63) is 66.2 Å². The normalized spacial score (nSPS) is 10.9. The summed E-state index contributed by atoms with van der Waals surface area (Å²) < 4.78 is 23.7. The summed E-state index contributed by atoms with van der Waals surface area (Å²) in [5, 5.41) is 23.9. The van der Waals surface area contributed by atoms with Gasteiger partial charge < -0.3 is 24.1 Å². The quantitative estimate of drug-likeness (QED) is 0.116. The number of methoxy groups -OCH3 is 3. The molecule has 1 aromatic heterocycles. The Labute approximate surface area is 235 Å². The monoisotopic (exact) mass is 563 g/mol. The molecule has 0 aliphatic heterocycles. The number of benzene rings is 3. The number of rotatable bonds is 12. The lowest BCUT2D eigenvalue weighted by Crippen LogP contribution is -2.34. The van der Waals surface area contributed by atoms with Crippen LogP contribution >= 0.6 is 11.8 Å². The zero-order chi connectivity index (χ0) is 28.5. The fourth-order valence-electron chi connectivity index (χ4n) is 3.84. The number of aromatic nitrogens is 3. The second kappa shape index (κ2) is 13.4. The highest BCUT2D eigenvalue weighted by molar-refractivity contribution is 7.99. The number of hydrogen-bond acceptors (Lipinski definition) is 9. The Morgan fingerprint density at radius 3 is 2.42 bits per heavy atom. The van der Waals surface area contributed by atoms with Crippen molar-refractivity contribution in [3.8, 4) is 45.8 Å². The van der Waals surface area contributed by atoms with Gasteiger partial charge >= 0.3 is 5.16 Å². The predicted molar refractivity (Wildman–Crippen MR) is 149 cm³/mol. The average molecular weight is 564 g/mol. The second-order valence-electron chi connectivity index (χ2n) is 8.16. The molecule has 0 atom stereocenters. The van der Waals surface area contributed by atoms with Gasteiger partial charge in [0.15, 0.2) is 11.5 Å². The number of hydrazone groups is 1. The van der Waals surface area contributed by atoms with Gasteiger partial charge in [-0.25, -0.2) is 5.43 Å². The number of H-pyrrole nitrogens is 1. The zero-order valence-corrected chi connectivity index (χ0v) is 23.3. The molecule has 1 amide bonds. The van der Waals surface area contributed by atoms with Crippen molar-refractivity contribution in [1.29, 1.82) is 0 Å². The first kappa shape index (κ1) is 28.3. The van der Waals surface area contributed by atoms with Gasteiger partial charge in [-0.3, -0.25) is 4.79 Å². The summed E-state index contributed by atoms with van der Waals surface area (Å²) in [6.45, 7) is 2.17. The minimum Gasteiger partial charge on any atom is -0.870 e. The molecule has 4 aromatic rings. The molecule has 12 heteroatoms. The molecule has 4 rings (SSSR count). The number of thioether (sulfide) groups is 1. The lowest BCUT2D eigenvalue weighted by molar-refractivity contribution is -0.625. The third-order valence-electron chi connectivity index (χ3n) is 5.63. The Morgan fingerprint density at radius 1 is 1.05 bits per heavy atom. The maximum Gasteiger partial charge on any atom is 0.342 e. The van der Waals surface area contributed by atoms with Crippen LogP contribution in [0.4, 0.5) is 0 Å². The van der Waals surface area contributed by atoms with Crippen molar-refractivity contribution in [2.75, 3.05) is 33.7 Å². The van der Waals surface area contributed by atoms with Crippen molar-refractivity contribution < 1.29 is 33.4 Å². The molecule has 0 bridgehead atoms. The number of amides is 1. The molecule has 0 saturated carbocycles. The Bertz CT molecular complexity index is 1470. The van der Waals surface area contributed by atoms with Crippen LogP contribution in [-0.4, -0.2) is 56.0 Å².